The van der Waals surface area contributed by atoms with E-state index in [1.54, 1.807) is 0 Å². The van der Waals surface area contributed by atoms with E-state index in [4.69, 9.17) is 9.47 Å². The van der Waals surface area contributed by atoms with Gasteiger partial charge in [-0.1, -0.05) is 0 Å². The summed E-state index contributed by atoms with van der Waals surface area (Å²) < 4.78 is 9.42. The number of ether oxygens (including phenoxy) is 2. The molecule has 0 bridgehead atoms. The van der Waals surface area contributed by atoms with Gasteiger partial charge in [0, 0.05) is 42.1 Å². The van der Waals surface area contributed by atoms with Gasteiger partial charge >= 0.3 is 11.9 Å². The number of piperazine rings is 2. The van der Waals surface area contributed by atoms with Gasteiger partial charge in [-0.3, -0.25) is 30.0 Å². The van der Waals surface area contributed by atoms with E-state index in [0.29, 0.717) is 25.9 Å². The van der Waals surface area contributed by atoms with Gasteiger partial charge in [0.25, 0.3) is 0 Å². The van der Waals surface area contributed by atoms with Crippen LogP contribution in [0.4, 0.5) is 0 Å². The number of nitrogens with zero attached hydrogens (tertiary/aromatic N) is 2. The molecule has 2 unspecified atom stereocenters. The first-order chi connectivity index (χ1) is 10.7. The van der Waals surface area contributed by atoms with Crippen molar-refractivity contribution in [3.63, 3.8) is 0 Å². The van der Waals surface area contributed by atoms with E-state index in [-0.39, 0.29) is 27.1 Å². The summed E-state index contributed by atoms with van der Waals surface area (Å²) in [5, 5.41) is 7.00. The summed E-state index contributed by atoms with van der Waals surface area (Å²) in [6.45, 7) is 4.84. The molecule has 0 radical (unpaired) electrons. The maximum Gasteiger partial charge on any atom is 0.306 e. The normalized spacial score (nSPS) is 26.3. The van der Waals surface area contributed by atoms with E-state index in [1.807, 2.05) is 0 Å². The minimum Gasteiger partial charge on any atom is -0.469 e. The van der Waals surface area contributed by atoms with Crippen LogP contribution in [0.3, 0.4) is 0 Å². The summed E-state index contributed by atoms with van der Waals surface area (Å²) in [7, 11) is 2.83. The van der Waals surface area contributed by atoms with Gasteiger partial charge in [0.1, 0.15) is 0 Å². The molecule has 0 spiro atoms. The van der Waals surface area contributed by atoms with Crippen LogP contribution in [-0.2, 0) is 19.1 Å². The van der Waals surface area contributed by atoms with Crippen LogP contribution in [0.25, 0.3) is 0 Å². The number of hydrogen-bond donors (Lipinski definition) is 2. The van der Waals surface area contributed by atoms with Gasteiger partial charge in [0.05, 0.1) is 39.4 Å². The minimum absolute atomic E-state index is 0. The Morgan fingerprint density at radius 2 is 1.36 bits per heavy atom. The number of hydrogen-bond acceptors (Lipinski definition) is 8. The molecule has 0 aromatic carbocycles. The molecule has 2 fully saturated rings. The number of methoxy groups -OCH3 is 2. The number of carbonyl (C=O) groups excluding carboxylic acids is 2. The van der Waals surface area contributed by atoms with Crippen molar-refractivity contribution in [3.05, 3.63) is 0 Å². The molecule has 8 nitrogen and oxygen atoms in total. The molecule has 22 heavy (non-hydrogen) atoms. The van der Waals surface area contributed by atoms with Gasteiger partial charge in [0.2, 0.25) is 0 Å². The molecule has 0 saturated carbocycles. The molecule has 2 heterocycles. The molecule has 2 N–H and O–H groups in total. The standard InChI is InChI=1S/C14H26N4O4.2H2/c1-21-11(19)3-7-17-9-5-16-14-13(17)15-6-10-18(14)8-4-12(20)22-2;;/h13-16H,3-10H2,1-2H3;2*1H. The molecule has 0 aliphatic carbocycles. The third kappa shape index (κ3) is 4.39. The van der Waals surface area contributed by atoms with E-state index in [0.717, 1.165) is 26.2 Å². The smallest absolute Gasteiger partial charge is 0.306 e. The lowest BCUT2D eigenvalue weighted by Crippen LogP contribution is -2.72. The molecular weight excluding hydrogens is 288 g/mol. The van der Waals surface area contributed by atoms with Crippen LogP contribution >= 0.6 is 0 Å². The topological polar surface area (TPSA) is 83.1 Å². The van der Waals surface area contributed by atoms with Gasteiger partial charge in [-0.05, 0) is 0 Å². The van der Waals surface area contributed by atoms with E-state index in [2.05, 4.69) is 20.4 Å². The lowest BCUT2D eigenvalue weighted by atomic mass is 10.1. The summed E-state index contributed by atoms with van der Waals surface area (Å²) in [5.74, 6) is -0.373. The Hall–Kier alpha value is -1.22. The Morgan fingerprint density at radius 1 is 0.955 bits per heavy atom. The Bertz CT molecular complexity index is 367. The van der Waals surface area contributed by atoms with Gasteiger partial charge in [-0.15, -0.1) is 0 Å². The highest BCUT2D eigenvalue weighted by Crippen LogP contribution is 2.15. The zero-order valence-corrected chi connectivity index (χ0v) is 13.3. The fourth-order valence-electron chi connectivity index (χ4n) is 3.05. The second-order valence-corrected chi connectivity index (χ2v) is 5.52. The number of nitrogens with one attached hydrogen (secondary N) is 2. The first-order valence-corrected chi connectivity index (χ1v) is 7.74. The van der Waals surface area contributed by atoms with Crippen LogP contribution in [0, 0.1) is 0 Å². The van der Waals surface area contributed by atoms with E-state index >= 15 is 0 Å². The third-order valence-electron chi connectivity index (χ3n) is 4.25. The monoisotopic (exact) mass is 318 g/mol. The first kappa shape index (κ1) is 17.1. The van der Waals surface area contributed by atoms with E-state index < -0.39 is 0 Å². The zero-order valence-electron chi connectivity index (χ0n) is 13.3. The van der Waals surface area contributed by atoms with Gasteiger partial charge < -0.3 is 9.47 Å². The molecule has 2 rings (SSSR count). The number of esters is 2. The van der Waals surface area contributed by atoms with Crippen molar-refractivity contribution in [2.75, 3.05) is 53.5 Å². The molecule has 0 aromatic rings. The van der Waals surface area contributed by atoms with Gasteiger partial charge in [-0.2, -0.15) is 0 Å². The molecule has 2 aliphatic rings. The second kappa shape index (κ2) is 8.42. The highest BCUT2D eigenvalue weighted by atomic mass is 16.5. The lowest BCUT2D eigenvalue weighted by Gasteiger charge is -2.50. The molecule has 2 aliphatic heterocycles. The van der Waals surface area contributed by atoms with Gasteiger partial charge in [-0.25, -0.2) is 0 Å². The summed E-state index contributed by atoms with van der Waals surface area (Å²) >= 11 is 0. The largest absolute Gasteiger partial charge is 0.469 e. The maximum absolute atomic E-state index is 11.3. The summed E-state index contributed by atoms with van der Waals surface area (Å²) in [4.78, 5) is 27.2. The van der Waals surface area contributed by atoms with Crippen molar-refractivity contribution >= 4 is 11.9 Å². The van der Waals surface area contributed by atoms with Crippen LogP contribution in [0.2, 0.25) is 0 Å². The lowest BCUT2D eigenvalue weighted by molar-refractivity contribution is -0.143. The molecular formula is C14H30N4O4. The van der Waals surface area contributed by atoms with Crippen LogP contribution in [0.5, 0.6) is 0 Å². The van der Waals surface area contributed by atoms with Crippen LogP contribution < -0.4 is 10.6 Å². The summed E-state index contributed by atoms with van der Waals surface area (Å²) in [5.41, 5.74) is 0. The number of carbonyl (C=O) groups is 2. The fraction of sp³-hybridized carbons (Fsp3) is 0.857. The number of rotatable bonds is 6. The highest BCUT2D eigenvalue weighted by Gasteiger charge is 2.37. The van der Waals surface area contributed by atoms with Crippen molar-refractivity contribution < 1.29 is 21.9 Å². The predicted octanol–water partition coefficient (Wildman–Crippen LogP) is -0.933. The first-order valence-electron chi connectivity index (χ1n) is 7.74. The Kier molecular flexibility index (Phi) is 6.56. The average molecular weight is 318 g/mol. The third-order valence-corrected chi connectivity index (χ3v) is 4.25. The van der Waals surface area contributed by atoms with Crippen LogP contribution in [-0.4, -0.2) is 87.6 Å². The van der Waals surface area contributed by atoms with Crippen LogP contribution in [0.15, 0.2) is 0 Å². The SMILES string of the molecule is COC(=O)CCN1CCNC2C1NCCN2CCC(=O)OC.[HH].[HH]. The van der Waals surface area contributed by atoms with Crippen molar-refractivity contribution in [3.8, 4) is 0 Å². The Labute approximate surface area is 134 Å². The number of fused-ring (bicyclic) bond motifs is 1. The van der Waals surface area contributed by atoms with Crippen molar-refractivity contribution in [2.24, 2.45) is 0 Å². The zero-order chi connectivity index (χ0) is 15.9. The Morgan fingerprint density at radius 3 is 1.73 bits per heavy atom. The predicted molar refractivity (Wildman–Crippen MR) is 84.2 cm³/mol. The van der Waals surface area contributed by atoms with Gasteiger partial charge in [0.15, 0.2) is 0 Å². The molecule has 0 amide bonds. The van der Waals surface area contributed by atoms with Crippen LogP contribution in [0.1, 0.15) is 15.7 Å². The summed E-state index contributed by atoms with van der Waals surface area (Å²) in [6, 6.07) is 0. The van der Waals surface area contributed by atoms with Crippen molar-refractivity contribution in [2.45, 2.75) is 25.2 Å². The van der Waals surface area contributed by atoms with E-state index in [9.17, 15) is 9.59 Å². The maximum atomic E-state index is 11.3. The summed E-state index contributed by atoms with van der Waals surface area (Å²) in [6.07, 6.45) is 1.07. The second-order valence-electron chi connectivity index (χ2n) is 5.52. The molecule has 130 valence electrons. The molecule has 2 atom stereocenters. The van der Waals surface area contributed by atoms with E-state index in [1.165, 1.54) is 14.2 Å². The Balaban J connectivity index is 0.00000264. The highest BCUT2D eigenvalue weighted by molar-refractivity contribution is 5.69. The van der Waals surface area contributed by atoms with Crippen molar-refractivity contribution in [1.29, 1.82) is 0 Å². The quantitative estimate of drug-likeness (QED) is 0.608. The fourth-order valence-corrected chi connectivity index (χ4v) is 3.05. The molecule has 0 aromatic heterocycles. The molecule has 2 saturated heterocycles. The average Bonchev–Trinajstić information content (AvgIpc) is 2.57. The minimum atomic E-state index is -0.187. The van der Waals surface area contributed by atoms with Crippen molar-refractivity contribution in [1.82, 2.24) is 20.4 Å². The molecule has 8 heteroatoms.